The van der Waals surface area contributed by atoms with Crippen LogP contribution in [0.15, 0.2) is 127 Å². The van der Waals surface area contributed by atoms with Crippen LogP contribution >= 0.6 is 0 Å². The Morgan fingerprint density at radius 1 is 0.765 bits per heavy atom. The van der Waals surface area contributed by atoms with Crippen LogP contribution < -0.4 is 9.64 Å². The number of alkyl halides is 3. The van der Waals surface area contributed by atoms with Crippen molar-refractivity contribution in [1.29, 1.82) is 0 Å². The van der Waals surface area contributed by atoms with E-state index in [-0.39, 0.29) is 11.7 Å². The van der Waals surface area contributed by atoms with Crippen molar-refractivity contribution in [1.82, 2.24) is 0 Å². The molecular weight excluding hydrogens is 643 g/mol. The van der Waals surface area contributed by atoms with E-state index in [4.69, 9.17) is 9.47 Å². The quantitative estimate of drug-likeness (QED) is 0.181. The maximum atomic E-state index is 14.6. The fraction of sp³-hybridized carbons (Fsp3) is 0.200. The highest BCUT2D eigenvalue weighted by molar-refractivity contribution is 6.08. The zero-order valence-electron chi connectivity index (χ0n) is 28.2. The van der Waals surface area contributed by atoms with E-state index in [0.29, 0.717) is 25.2 Å². The molecule has 0 aromatic heterocycles. The Balaban J connectivity index is 1.18. The molecule has 2 aliphatic heterocycles. The smallest absolute Gasteiger partial charge is 0.417 e. The van der Waals surface area contributed by atoms with Gasteiger partial charge in [0, 0.05) is 35.1 Å². The van der Waals surface area contributed by atoms with Gasteiger partial charge in [-0.1, -0.05) is 116 Å². The van der Waals surface area contributed by atoms with Gasteiger partial charge in [0.25, 0.3) is 0 Å². The molecule has 254 valence electrons. The van der Waals surface area contributed by atoms with E-state index in [1.54, 1.807) is 12.1 Å². The van der Waals surface area contributed by atoms with E-state index in [1.807, 2.05) is 48.5 Å². The molecule has 0 saturated carbocycles. The van der Waals surface area contributed by atoms with E-state index in [2.05, 4.69) is 78.6 Å². The molecule has 3 aliphatic rings. The lowest BCUT2D eigenvalue weighted by atomic mass is 9.72. The predicted molar refractivity (Wildman–Crippen MR) is 198 cm³/mol. The van der Waals surface area contributed by atoms with Crippen molar-refractivity contribution in [3.05, 3.63) is 161 Å². The highest BCUT2D eigenvalue weighted by Crippen LogP contribution is 2.58. The molecule has 6 aromatic carbocycles. The van der Waals surface area contributed by atoms with Gasteiger partial charge in [0.05, 0.1) is 18.8 Å². The van der Waals surface area contributed by atoms with Crippen LogP contribution in [-0.4, -0.2) is 26.3 Å². The zero-order chi connectivity index (χ0) is 34.7. The van der Waals surface area contributed by atoms with Crippen LogP contribution in [0.4, 0.5) is 18.9 Å². The number of rotatable bonds is 5. The summed E-state index contributed by atoms with van der Waals surface area (Å²) in [6, 6.07) is 39.2. The summed E-state index contributed by atoms with van der Waals surface area (Å²) in [6.07, 6.45) is 0.0898. The molecule has 6 aromatic rings. The van der Waals surface area contributed by atoms with Crippen molar-refractivity contribution in [3.63, 3.8) is 0 Å². The number of ether oxygens (including phenoxy) is 2. The first kappa shape index (κ1) is 31.6. The van der Waals surface area contributed by atoms with Gasteiger partial charge in [0.2, 0.25) is 0 Å². The Bertz CT molecular complexity index is 2310. The number of halogens is 3. The third-order valence-corrected chi connectivity index (χ3v) is 10.9. The Morgan fingerprint density at radius 2 is 1.47 bits per heavy atom. The summed E-state index contributed by atoms with van der Waals surface area (Å²) < 4.78 is 56.0. The van der Waals surface area contributed by atoms with Gasteiger partial charge in [-0.3, -0.25) is 0 Å². The van der Waals surface area contributed by atoms with Crippen LogP contribution in [0.2, 0.25) is 0 Å². The first-order valence-corrected chi connectivity index (χ1v) is 17.5. The van der Waals surface area contributed by atoms with Crippen LogP contribution in [0, 0.1) is 0 Å². The molecule has 6 heteroatoms. The van der Waals surface area contributed by atoms with Crippen molar-refractivity contribution in [2.24, 2.45) is 0 Å². The fourth-order valence-corrected chi connectivity index (χ4v) is 8.51. The Kier molecular flexibility index (Phi) is 7.55. The average molecular weight is 680 g/mol. The largest absolute Gasteiger partial charge is 0.480 e. The molecular formula is C45H36F3NO2. The SMILES string of the molecule is CC1(Cc2ccc(C(F)(F)F)c(-c3ccc(N4CCOCC4)cc3)c2)c2ccccc2-c2c1c1c(c3ccccc23)OC(c2ccccc2)C=C1. The minimum Gasteiger partial charge on any atom is -0.480 e. The lowest BCUT2D eigenvalue weighted by Crippen LogP contribution is -2.36. The van der Waals surface area contributed by atoms with Crippen molar-refractivity contribution in [2.45, 2.75) is 31.0 Å². The van der Waals surface area contributed by atoms with Crippen LogP contribution in [-0.2, 0) is 22.7 Å². The summed E-state index contributed by atoms with van der Waals surface area (Å²) in [5.74, 6) is 0.841. The van der Waals surface area contributed by atoms with Gasteiger partial charge < -0.3 is 14.4 Å². The van der Waals surface area contributed by atoms with E-state index < -0.39 is 17.2 Å². The third-order valence-electron chi connectivity index (χ3n) is 10.9. The zero-order valence-corrected chi connectivity index (χ0v) is 28.2. The summed E-state index contributed by atoms with van der Waals surface area (Å²) in [6.45, 7) is 5.04. The molecule has 1 saturated heterocycles. The minimum absolute atomic E-state index is 0.193. The second-order valence-corrected chi connectivity index (χ2v) is 13.9. The summed E-state index contributed by atoms with van der Waals surface area (Å²) in [5.41, 5.74) is 8.11. The van der Waals surface area contributed by atoms with Gasteiger partial charge in [0.1, 0.15) is 11.9 Å². The van der Waals surface area contributed by atoms with E-state index in [9.17, 15) is 13.2 Å². The molecule has 0 spiro atoms. The Labute approximate surface area is 295 Å². The van der Waals surface area contributed by atoms with E-state index in [1.165, 1.54) is 11.6 Å². The summed E-state index contributed by atoms with van der Waals surface area (Å²) in [5, 5.41) is 2.16. The minimum atomic E-state index is -4.50. The van der Waals surface area contributed by atoms with Crippen molar-refractivity contribution in [2.75, 3.05) is 31.2 Å². The molecule has 2 atom stereocenters. The lowest BCUT2D eigenvalue weighted by Gasteiger charge is -2.33. The van der Waals surface area contributed by atoms with Gasteiger partial charge in [-0.2, -0.15) is 13.2 Å². The highest BCUT2D eigenvalue weighted by atomic mass is 19.4. The molecule has 51 heavy (non-hydrogen) atoms. The van der Waals surface area contributed by atoms with Gasteiger partial charge in [-0.15, -0.1) is 0 Å². The maximum Gasteiger partial charge on any atom is 0.417 e. The topological polar surface area (TPSA) is 21.7 Å². The predicted octanol–water partition coefficient (Wildman–Crippen LogP) is 11.0. The molecule has 3 nitrogen and oxygen atoms in total. The number of hydrogen-bond donors (Lipinski definition) is 0. The van der Waals surface area contributed by atoms with Gasteiger partial charge in [-0.25, -0.2) is 0 Å². The van der Waals surface area contributed by atoms with E-state index in [0.717, 1.165) is 68.7 Å². The Hall–Kier alpha value is -5.33. The molecule has 0 amide bonds. The molecule has 9 rings (SSSR count). The number of hydrogen-bond acceptors (Lipinski definition) is 3. The van der Waals surface area contributed by atoms with Crippen LogP contribution in [0.3, 0.4) is 0 Å². The number of nitrogens with zero attached hydrogens (tertiary/aromatic N) is 1. The number of benzene rings is 6. The lowest BCUT2D eigenvalue weighted by molar-refractivity contribution is -0.137. The van der Waals surface area contributed by atoms with Crippen molar-refractivity contribution in [3.8, 4) is 28.0 Å². The number of morpholine rings is 1. The monoisotopic (exact) mass is 679 g/mol. The first-order valence-electron chi connectivity index (χ1n) is 17.5. The standard InChI is InChI=1S/C45H36F3NO2/c1-44(28-29-15-21-39(45(46,47)48)37(27-29)30-16-18-32(19-17-30)49-23-25-50-26-24-49)38-14-8-7-13-35(38)41-33-11-5-6-12-34(33)43-36(42(41)44)20-22-40(51-43)31-9-3-2-4-10-31/h2-22,27,40H,23-26,28H2,1H3. The van der Waals surface area contributed by atoms with Crippen molar-refractivity contribution >= 4 is 22.5 Å². The maximum absolute atomic E-state index is 14.6. The normalized spacial score (nSPS) is 19.4. The van der Waals surface area contributed by atoms with Crippen LogP contribution in [0.25, 0.3) is 39.1 Å². The third kappa shape index (κ3) is 5.32. The molecule has 0 N–H and O–H groups in total. The average Bonchev–Trinajstić information content (AvgIpc) is 3.43. The van der Waals surface area contributed by atoms with Gasteiger partial charge in [0.15, 0.2) is 0 Å². The van der Waals surface area contributed by atoms with Gasteiger partial charge in [-0.05, 0) is 80.6 Å². The summed E-state index contributed by atoms with van der Waals surface area (Å²) in [7, 11) is 0. The van der Waals surface area contributed by atoms with Crippen LogP contribution in [0.1, 0.15) is 46.4 Å². The molecule has 1 fully saturated rings. The molecule has 2 unspecified atom stereocenters. The van der Waals surface area contributed by atoms with Gasteiger partial charge >= 0.3 is 6.18 Å². The molecule has 0 bridgehead atoms. The molecule has 0 radical (unpaired) electrons. The van der Waals surface area contributed by atoms with E-state index >= 15 is 0 Å². The number of anilines is 1. The summed E-state index contributed by atoms with van der Waals surface area (Å²) in [4.78, 5) is 2.20. The molecule has 2 heterocycles. The van der Waals surface area contributed by atoms with Crippen LogP contribution in [0.5, 0.6) is 5.75 Å². The first-order chi connectivity index (χ1) is 24.8. The highest BCUT2D eigenvalue weighted by Gasteiger charge is 2.44. The summed E-state index contributed by atoms with van der Waals surface area (Å²) >= 11 is 0. The second kappa shape index (κ2) is 12.2. The molecule has 1 aliphatic carbocycles. The Morgan fingerprint density at radius 3 is 2.24 bits per heavy atom. The number of fused-ring (bicyclic) bond motifs is 8. The fourth-order valence-electron chi connectivity index (χ4n) is 8.51. The second-order valence-electron chi connectivity index (χ2n) is 13.9. The van der Waals surface area contributed by atoms with Crippen molar-refractivity contribution < 1.29 is 22.6 Å².